The van der Waals surface area contributed by atoms with Gasteiger partial charge in [0.05, 0.1) is 6.04 Å². The highest BCUT2D eigenvalue weighted by Crippen LogP contribution is 2.35. The van der Waals surface area contributed by atoms with Crippen molar-refractivity contribution in [2.24, 2.45) is 5.41 Å². The molecule has 2 amide bonds. The fourth-order valence-corrected chi connectivity index (χ4v) is 4.77. The molecule has 0 bridgehead atoms. The smallest absolute Gasteiger partial charge is 0.318 e. The monoisotopic (exact) mass is 360 g/mol. The molecule has 1 atom stereocenters. The maximum atomic E-state index is 12.8. The molecule has 1 unspecified atom stereocenters. The van der Waals surface area contributed by atoms with Crippen molar-refractivity contribution in [3.63, 3.8) is 0 Å². The van der Waals surface area contributed by atoms with Crippen LogP contribution < -0.4 is 10.6 Å². The number of piperidine rings is 1. The fraction of sp³-hybridized carbons (Fsp3) is 0.842. The molecule has 2 fully saturated rings. The van der Waals surface area contributed by atoms with Crippen LogP contribution in [0.5, 0.6) is 0 Å². The van der Waals surface area contributed by atoms with Gasteiger partial charge in [-0.1, -0.05) is 19.8 Å². The molecule has 26 heavy (non-hydrogen) atoms. The Bertz CT molecular complexity index is 644. The summed E-state index contributed by atoms with van der Waals surface area (Å²) in [6.07, 6.45) is 7.27. The van der Waals surface area contributed by atoms with Gasteiger partial charge in [-0.25, -0.2) is 4.79 Å². The van der Waals surface area contributed by atoms with Crippen LogP contribution in [0, 0.1) is 5.41 Å². The molecule has 2 aliphatic heterocycles. The summed E-state index contributed by atoms with van der Waals surface area (Å²) < 4.78 is 2.28. The van der Waals surface area contributed by atoms with Gasteiger partial charge in [-0.15, -0.1) is 10.2 Å². The third-order valence-corrected chi connectivity index (χ3v) is 6.67. The van der Waals surface area contributed by atoms with Crippen molar-refractivity contribution in [2.75, 3.05) is 26.2 Å². The Morgan fingerprint density at radius 3 is 2.62 bits per heavy atom. The van der Waals surface area contributed by atoms with Crippen molar-refractivity contribution in [1.29, 1.82) is 0 Å². The molecule has 1 aromatic heterocycles. The predicted molar refractivity (Wildman–Crippen MR) is 100.0 cm³/mol. The van der Waals surface area contributed by atoms with E-state index in [4.69, 9.17) is 0 Å². The number of fused-ring (bicyclic) bond motifs is 1. The molecule has 1 saturated heterocycles. The van der Waals surface area contributed by atoms with Crippen LogP contribution in [0.1, 0.15) is 76.0 Å². The summed E-state index contributed by atoms with van der Waals surface area (Å²) in [5, 5.41) is 15.5. The zero-order chi connectivity index (χ0) is 18.1. The summed E-state index contributed by atoms with van der Waals surface area (Å²) in [6, 6.07) is 0.0150. The number of aromatic nitrogens is 3. The lowest BCUT2D eigenvalue weighted by Gasteiger charge is -2.37. The lowest BCUT2D eigenvalue weighted by molar-refractivity contribution is 0.149. The minimum Gasteiger partial charge on any atom is -0.337 e. The lowest BCUT2D eigenvalue weighted by atomic mass is 9.81. The first kappa shape index (κ1) is 17.8. The third-order valence-electron chi connectivity index (χ3n) is 6.67. The van der Waals surface area contributed by atoms with Gasteiger partial charge in [-0.05, 0) is 51.1 Å². The first-order valence-electron chi connectivity index (χ1n) is 10.3. The van der Waals surface area contributed by atoms with E-state index in [0.717, 1.165) is 57.2 Å². The van der Waals surface area contributed by atoms with Gasteiger partial charge in [-0.3, -0.25) is 0 Å². The van der Waals surface area contributed by atoms with Crippen molar-refractivity contribution in [3.05, 3.63) is 11.6 Å². The number of hydrogen-bond donors (Lipinski definition) is 2. The van der Waals surface area contributed by atoms with Crippen LogP contribution in [0.15, 0.2) is 0 Å². The van der Waals surface area contributed by atoms with E-state index in [0.29, 0.717) is 5.92 Å². The number of nitrogens with zero attached hydrogens (tertiary/aromatic N) is 4. The van der Waals surface area contributed by atoms with Gasteiger partial charge < -0.3 is 20.1 Å². The van der Waals surface area contributed by atoms with Crippen molar-refractivity contribution in [2.45, 2.75) is 70.9 Å². The van der Waals surface area contributed by atoms with Crippen LogP contribution in [0.25, 0.3) is 0 Å². The Labute approximate surface area is 155 Å². The van der Waals surface area contributed by atoms with E-state index in [2.05, 4.69) is 39.2 Å². The van der Waals surface area contributed by atoms with Gasteiger partial charge in [0.2, 0.25) is 0 Å². The standard InChI is InChI=1S/C19H32N6O/c1-14-16-22-23-17(15-5-3-4-6-15)25(16)12-11-24(14)18(26)21-13-19(2)7-9-20-10-8-19/h14-15,20H,3-13H2,1-2H3,(H,21,26). The number of nitrogens with one attached hydrogen (secondary N) is 2. The average Bonchev–Trinajstić information content (AvgIpc) is 3.30. The molecule has 2 N–H and O–H groups in total. The summed E-state index contributed by atoms with van der Waals surface area (Å²) in [5.74, 6) is 2.65. The largest absolute Gasteiger partial charge is 0.337 e. The quantitative estimate of drug-likeness (QED) is 0.868. The van der Waals surface area contributed by atoms with E-state index in [1.165, 1.54) is 25.7 Å². The number of rotatable bonds is 3. The molecular formula is C19H32N6O. The topological polar surface area (TPSA) is 75.1 Å². The molecule has 1 saturated carbocycles. The molecule has 0 spiro atoms. The van der Waals surface area contributed by atoms with Crippen LogP contribution in [-0.4, -0.2) is 51.9 Å². The lowest BCUT2D eigenvalue weighted by Crippen LogP contribution is -2.50. The van der Waals surface area contributed by atoms with Gasteiger partial charge in [0.25, 0.3) is 0 Å². The number of carbonyl (C=O) groups excluding carboxylic acids is 1. The van der Waals surface area contributed by atoms with E-state index in [9.17, 15) is 4.79 Å². The predicted octanol–water partition coefficient (Wildman–Crippen LogP) is 2.41. The van der Waals surface area contributed by atoms with E-state index in [1.54, 1.807) is 0 Å². The molecule has 3 heterocycles. The third kappa shape index (κ3) is 3.33. The highest BCUT2D eigenvalue weighted by Gasteiger charge is 2.34. The maximum Gasteiger partial charge on any atom is 0.318 e. The Morgan fingerprint density at radius 1 is 1.19 bits per heavy atom. The highest BCUT2D eigenvalue weighted by atomic mass is 16.2. The van der Waals surface area contributed by atoms with Gasteiger partial charge >= 0.3 is 6.03 Å². The Balaban J connectivity index is 1.40. The summed E-state index contributed by atoms with van der Waals surface area (Å²) >= 11 is 0. The van der Waals surface area contributed by atoms with Crippen LogP contribution >= 0.6 is 0 Å². The Morgan fingerprint density at radius 2 is 1.88 bits per heavy atom. The molecule has 7 heteroatoms. The number of amides is 2. The minimum absolute atomic E-state index is 0.0211. The van der Waals surface area contributed by atoms with Gasteiger partial charge in [0.15, 0.2) is 5.82 Å². The maximum absolute atomic E-state index is 12.8. The zero-order valence-electron chi connectivity index (χ0n) is 16.1. The summed E-state index contributed by atoms with van der Waals surface area (Å²) in [4.78, 5) is 14.7. The van der Waals surface area contributed by atoms with E-state index in [1.807, 2.05) is 4.90 Å². The van der Waals surface area contributed by atoms with E-state index >= 15 is 0 Å². The minimum atomic E-state index is -0.0211. The molecule has 4 rings (SSSR count). The van der Waals surface area contributed by atoms with E-state index < -0.39 is 0 Å². The Hall–Kier alpha value is -1.63. The second-order valence-corrected chi connectivity index (χ2v) is 8.64. The molecule has 1 aliphatic carbocycles. The van der Waals surface area contributed by atoms with Crippen LogP contribution in [-0.2, 0) is 6.54 Å². The molecular weight excluding hydrogens is 328 g/mol. The molecule has 7 nitrogen and oxygen atoms in total. The number of carbonyl (C=O) groups is 1. The van der Waals surface area contributed by atoms with Crippen molar-refractivity contribution in [3.8, 4) is 0 Å². The average molecular weight is 361 g/mol. The first-order valence-corrected chi connectivity index (χ1v) is 10.3. The zero-order valence-corrected chi connectivity index (χ0v) is 16.1. The summed E-state index contributed by atoms with van der Waals surface area (Å²) in [6.45, 7) is 8.72. The highest BCUT2D eigenvalue weighted by molar-refractivity contribution is 5.74. The molecule has 3 aliphatic rings. The van der Waals surface area contributed by atoms with E-state index in [-0.39, 0.29) is 17.5 Å². The Kier molecular flexibility index (Phi) is 4.90. The number of urea groups is 1. The van der Waals surface area contributed by atoms with Crippen molar-refractivity contribution in [1.82, 2.24) is 30.3 Å². The van der Waals surface area contributed by atoms with Crippen molar-refractivity contribution >= 4 is 6.03 Å². The second-order valence-electron chi connectivity index (χ2n) is 8.64. The van der Waals surface area contributed by atoms with Crippen LogP contribution in [0.2, 0.25) is 0 Å². The second kappa shape index (κ2) is 7.18. The fourth-order valence-electron chi connectivity index (χ4n) is 4.77. The molecule has 0 aromatic carbocycles. The normalized spacial score (nSPS) is 25.9. The molecule has 1 aromatic rings. The first-order chi connectivity index (χ1) is 12.6. The van der Waals surface area contributed by atoms with Gasteiger partial charge in [0.1, 0.15) is 5.82 Å². The van der Waals surface area contributed by atoms with Crippen molar-refractivity contribution < 1.29 is 4.79 Å². The van der Waals surface area contributed by atoms with Crippen LogP contribution in [0.3, 0.4) is 0 Å². The van der Waals surface area contributed by atoms with Gasteiger partial charge in [-0.2, -0.15) is 0 Å². The number of hydrogen-bond acceptors (Lipinski definition) is 4. The SMILES string of the molecule is CC1c2nnc(C3CCCC3)n2CCN1C(=O)NCC1(C)CCNCC1. The molecule has 0 radical (unpaired) electrons. The van der Waals surface area contributed by atoms with Crippen LogP contribution in [0.4, 0.5) is 4.79 Å². The summed E-state index contributed by atoms with van der Waals surface area (Å²) in [5.41, 5.74) is 0.204. The van der Waals surface area contributed by atoms with Gasteiger partial charge in [0, 0.05) is 25.6 Å². The summed E-state index contributed by atoms with van der Waals surface area (Å²) in [7, 11) is 0. The molecule has 144 valence electrons.